The molecule has 3 aromatic rings. The number of hydrogen-bond acceptors (Lipinski definition) is 10. The lowest BCUT2D eigenvalue weighted by Crippen LogP contribution is -2.45. The Morgan fingerprint density at radius 1 is 0.723 bits per heavy atom. The normalized spacial score (nSPS) is 16.9. The van der Waals surface area contributed by atoms with Crippen LogP contribution in [0.25, 0.3) is 21.9 Å². The molecule has 356 valence electrons. The molecule has 5 rings (SSSR count). The summed E-state index contributed by atoms with van der Waals surface area (Å²) in [4.78, 5) is 39.1. The minimum absolute atomic E-state index is 0.0179. The van der Waals surface area contributed by atoms with E-state index in [4.69, 9.17) is 33.2 Å². The number of benzene rings is 3. The average Bonchev–Trinajstić information content (AvgIpc) is 3.28. The number of allylic oxidation sites excluding steroid dienone is 4. The van der Waals surface area contributed by atoms with Gasteiger partial charge in [-0.25, -0.2) is 9.59 Å². The van der Waals surface area contributed by atoms with E-state index in [1.807, 2.05) is 35.3 Å². The predicted octanol–water partition coefficient (Wildman–Crippen LogP) is 8.23. The van der Waals surface area contributed by atoms with E-state index >= 15 is 0 Å². The maximum atomic E-state index is 13.2. The Morgan fingerprint density at radius 3 is 1.80 bits per heavy atom. The molecule has 1 saturated heterocycles. The van der Waals surface area contributed by atoms with Crippen LogP contribution in [0.4, 0.5) is 18.0 Å². The van der Waals surface area contributed by atoms with Crippen LogP contribution in [-0.2, 0) is 49.5 Å². The predicted molar refractivity (Wildman–Crippen MR) is 239 cm³/mol. The van der Waals surface area contributed by atoms with Crippen molar-refractivity contribution in [1.29, 1.82) is 0 Å². The number of carboxylic acids is 1. The third-order valence-corrected chi connectivity index (χ3v) is 11.2. The van der Waals surface area contributed by atoms with Gasteiger partial charge in [0.05, 0.1) is 96.8 Å². The molecule has 1 atom stereocenters. The molecule has 1 fully saturated rings. The molecule has 2 amide bonds. The average molecular weight is 913 g/mol. The molecule has 0 spiro atoms. The van der Waals surface area contributed by atoms with Crippen LogP contribution in [0.15, 0.2) is 78.9 Å². The molecule has 1 heterocycles. The van der Waals surface area contributed by atoms with Gasteiger partial charge in [0.1, 0.15) is 5.60 Å². The Bertz CT molecular complexity index is 2040. The van der Waals surface area contributed by atoms with Gasteiger partial charge < -0.3 is 48.5 Å². The number of nitrogens with one attached hydrogen (secondary N) is 1. The van der Waals surface area contributed by atoms with Gasteiger partial charge >= 0.3 is 18.2 Å². The number of halogens is 3. The number of amides is 2. The number of alkyl carbamates (subject to hydrolysis) is 1. The van der Waals surface area contributed by atoms with Crippen molar-refractivity contribution < 1.29 is 65.8 Å². The first kappa shape index (κ1) is 51.1. The van der Waals surface area contributed by atoms with E-state index < -0.39 is 34.8 Å². The zero-order valence-corrected chi connectivity index (χ0v) is 37.6. The third kappa shape index (κ3) is 16.2. The molecule has 3 aromatic carbocycles. The molecule has 2 N–H and O–H groups in total. The second-order valence-electron chi connectivity index (χ2n) is 16.9. The minimum Gasteiger partial charge on any atom is -0.478 e. The lowest BCUT2D eigenvalue weighted by atomic mass is 9.62. The van der Waals surface area contributed by atoms with Crippen LogP contribution in [0.1, 0.15) is 67.9 Å². The Morgan fingerprint density at radius 2 is 1.28 bits per heavy atom. The first-order valence-corrected chi connectivity index (χ1v) is 22.2. The molecule has 1 aliphatic carbocycles. The fourth-order valence-electron chi connectivity index (χ4n) is 7.97. The molecule has 65 heavy (non-hydrogen) atoms. The number of carbonyl (C=O) groups excluding carboxylic acids is 2. The zero-order chi connectivity index (χ0) is 46.7. The summed E-state index contributed by atoms with van der Waals surface area (Å²) in [6.45, 7) is 11.6. The van der Waals surface area contributed by atoms with Crippen LogP contribution in [-0.4, -0.2) is 132 Å². The first-order chi connectivity index (χ1) is 31.2. The van der Waals surface area contributed by atoms with Crippen molar-refractivity contribution in [1.82, 2.24) is 10.2 Å². The summed E-state index contributed by atoms with van der Waals surface area (Å²) in [5.74, 6) is -0.933. The molecule has 0 bridgehead atoms. The fraction of sp³-hybridized carbons (Fsp3) is 0.531. The van der Waals surface area contributed by atoms with E-state index in [9.17, 15) is 32.7 Å². The number of aromatic carboxylic acids is 1. The summed E-state index contributed by atoms with van der Waals surface area (Å²) in [5, 5.41) is 14.4. The molecule has 0 radical (unpaired) electrons. The fourth-order valence-corrected chi connectivity index (χ4v) is 7.97. The number of piperidine rings is 1. The lowest BCUT2D eigenvalue weighted by molar-refractivity contribution is -0.137. The van der Waals surface area contributed by atoms with E-state index in [0.29, 0.717) is 115 Å². The summed E-state index contributed by atoms with van der Waals surface area (Å²) in [6, 6.07) is 14.0. The third-order valence-electron chi connectivity index (χ3n) is 11.2. The number of likely N-dealkylation sites (tertiary alicyclic amines) is 1. The number of carbonyl (C=O) groups is 3. The number of hydrogen-bond donors (Lipinski definition) is 2. The molecule has 2 aliphatic rings. The number of nitrogens with zero attached hydrogens (tertiary/aromatic N) is 1. The van der Waals surface area contributed by atoms with Crippen molar-refractivity contribution in [2.75, 3.05) is 98.9 Å². The second-order valence-corrected chi connectivity index (χ2v) is 16.9. The summed E-state index contributed by atoms with van der Waals surface area (Å²) >= 11 is 0. The van der Waals surface area contributed by atoms with Crippen LogP contribution >= 0.6 is 0 Å². The highest BCUT2D eigenvalue weighted by Crippen LogP contribution is 2.47. The van der Waals surface area contributed by atoms with Crippen molar-refractivity contribution in [2.24, 2.45) is 5.92 Å². The maximum absolute atomic E-state index is 13.2. The highest BCUT2D eigenvalue weighted by atomic mass is 19.4. The molecule has 16 heteroatoms. The number of rotatable bonds is 25. The van der Waals surface area contributed by atoms with Crippen molar-refractivity contribution in [3.8, 4) is 11.1 Å². The van der Waals surface area contributed by atoms with Gasteiger partial charge in [-0.1, -0.05) is 48.6 Å². The molecular formula is C49H63F3N2O11. The smallest absolute Gasteiger partial charge is 0.416 e. The van der Waals surface area contributed by atoms with Crippen LogP contribution in [0.5, 0.6) is 0 Å². The molecule has 0 aromatic heterocycles. The summed E-state index contributed by atoms with van der Waals surface area (Å²) in [6.07, 6.45) is 5.68. The van der Waals surface area contributed by atoms with Gasteiger partial charge in [-0.2, -0.15) is 13.2 Å². The van der Waals surface area contributed by atoms with Gasteiger partial charge in [0.25, 0.3) is 0 Å². The van der Waals surface area contributed by atoms with E-state index in [-0.39, 0.29) is 30.4 Å². The number of ether oxygens (including phenoxy) is 7. The lowest BCUT2D eigenvalue weighted by Gasteiger charge is -2.45. The van der Waals surface area contributed by atoms with Crippen LogP contribution in [0.2, 0.25) is 0 Å². The Balaban J connectivity index is 0.951. The molecular weight excluding hydrogens is 850 g/mol. The molecule has 13 nitrogen and oxygen atoms in total. The van der Waals surface area contributed by atoms with Gasteiger partial charge in [0.2, 0.25) is 5.91 Å². The number of carboxylic acid groups (broad SMARTS) is 1. The van der Waals surface area contributed by atoms with E-state index in [1.165, 1.54) is 12.1 Å². The number of fused-ring (bicyclic) bond motifs is 1. The summed E-state index contributed by atoms with van der Waals surface area (Å²) in [5.41, 5.74) is 0.500. The quantitative estimate of drug-likeness (QED) is 0.0792. The molecule has 1 aliphatic heterocycles. The van der Waals surface area contributed by atoms with Crippen molar-refractivity contribution in [3.05, 3.63) is 95.6 Å². The highest BCUT2D eigenvalue weighted by Gasteiger charge is 2.41. The van der Waals surface area contributed by atoms with Crippen molar-refractivity contribution in [3.63, 3.8) is 0 Å². The van der Waals surface area contributed by atoms with E-state index in [1.54, 1.807) is 32.9 Å². The second kappa shape index (κ2) is 25.2. The highest BCUT2D eigenvalue weighted by molar-refractivity contribution is 5.98. The van der Waals surface area contributed by atoms with Gasteiger partial charge in [-0.3, -0.25) is 4.79 Å². The van der Waals surface area contributed by atoms with Crippen molar-refractivity contribution in [2.45, 2.75) is 63.6 Å². The molecule has 0 saturated carbocycles. The van der Waals surface area contributed by atoms with Crippen LogP contribution in [0, 0.1) is 5.92 Å². The van der Waals surface area contributed by atoms with Gasteiger partial charge in [0.15, 0.2) is 0 Å². The van der Waals surface area contributed by atoms with Gasteiger partial charge in [-0.05, 0) is 104 Å². The summed E-state index contributed by atoms with van der Waals surface area (Å²) in [7, 11) is 0. The van der Waals surface area contributed by atoms with E-state index in [0.717, 1.165) is 35.9 Å². The largest absolute Gasteiger partial charge is 0.478 e. The minimum atomic E-state index is -4.45. The first-order valence-electron chi connectivity index (χ1n) is 22.2. The maximum Gasteiger partial charge on any atom is 0.416 e. The molecule has 1 unspecified atom stereocenters. The monoisotopic (exact) mass is 912 g/mol. The van der Waals surface area contributed by atoms with Crippen LogP contribution < -0.4 is 5.32 Å². The SMILES string of the molecule is CC(C)(C)OC(=O)NCCOCCOCCOCCOCCOCCOCCC(=O)N1CCC(C2(c3cc(C(=O)O)cc4cc(-c5ccc(C(F)(F)F)cc5)ccc34)C=CC=CC2)CC1. The standard InChI is InChI=1S/C49H63F3N2O11/c1-47(2,3)65-46(58)53-18-22-60-24-26-62-28-30-64-32-31-63-29-27-61-25-23-59-21-15-44(55)54-19-13-40(14-20-54)48(16-5-4-6-17-48)43-35-39(45(56)57)34-38-33-37(9-12-42(38)43)36-7-10-41(11-8-36)49(50,51)52/h4-12,16,33-35,40H,13-15,17-32H2,1-3H3,(H,53,58)(H,56,57). The Labute approximate surface area is 379 Å². The van der Waals surface area contributed by atoms with Gasteiger partial charge in [0, 0.05) is 25.0 Å². The van der Waals surface area contributed by atoms with E-state index in [2.05, 4.69) is 17.5 Å². The topological polar surface area (TPSA) is 151 Å². The van der Waals surface area contributed by atoms with Crippen LogP contribution in [0.3, 0.4) is 0 Å². The van der Waals surface area contributed by atoms with Crippen molar-refractivity contribution >= 4 is 28.7 Å². The Hall–Kier alpha value is -4.84. The number of alkyl halides is 3. The summed E-state index contributed by atoms with van der Waals surface area (Å²) < 4.78 is 78.0. The zero-order valence-electron chi connectivity index (χ0n) is 37.6. The Kier molecular flexibility index (Phi) is 19.8. The van der Waals surface area contributed by atoms with Gasteiger partial charge in [-0.15, -0.1) is 0 Å².